The van der Waals surface area contributed by atoms with E-state index in [1.54, 1.807) is 19.5 Å². The summed E-state index contributed by atoms with van der Waals surface area (Å²) in [5.74, 6) is 1.48. The van der Waals surface area contributed by atoms with Crippen LogP contribution in [0.5, 0.6) is 11.5 Å². The zero-order valence-electron chi connectivity index (χ0n) is 16.8. The minimum atomic E-state index is 0.0917. The Bertz CT molecular complexity index is 822. The van der Waals surface area contributed by atoms with Crippen molar-refractivity contribution in [2.45, 2.75) is 32.0 Å². The van der Waals surface area contributed by atoms with Crippen molar-refractivity contribution in [1.82, 2.24) is 20.1 Å². The molecule has 2 aliphatic heterocycles. The van der Waals surface area contributed by atoms with Gasteiger partial charge in [0.1, 0.15) is 6.61 Å². The molecule has 0 bridgehead atoms. The maximum atomic E-state index is 11.9. The Balaban J connectivity index is 1.34. The first-order chi connectivity index (χ1) is 14.2. The number of urea groups is 1. The molecule has 1 aromatic heterocycles. The molecule has 2 aromatic rings. The predicted octanol–water partition coefficient (Wildman–Crippen LogP) is 2.66. The fraction of sp³-hybridized carbons (Fsp3) is 0.455. The number of amides is 2. The Hall–Kier alpha value is -2.80. The highest BCUT2D eigenvalue weighted by atomic mass is 16.5. The van der Waals surface area contributed by atoms with Gasteiger partial charge in [-0.1, -0.05) is 12.1 Å². The highest BCUT2D eigenvalue weighted by Crippen LogP contribution is 2.30. The van der Waals surface area contributed by atoms with E-state index in [1.165, 1.54) is 5.56 Å². The number of nitrogens with one attached hydrogen (secondary N) is 1. The Kier molecular flexibility index (Phi) is 6.14. The third-order valence-corrected chi connectivity index (χ3v) is 5.64. The van der Waals surface area contributed by atoms with E-state index in [-0.39, 0.29) is 6.03 Å². The van der Waals surface area contributed by atoms with Gasteiger partial charge in [0.15, 0.2) is 11.5 Å². The number of rotatable bonds is 7. The van der Waals surface area contributed by atoms with Crippen LogP contribution >= 0.6 is 0 Å². The van der Waals surface area contributed by atoms with Crippen molar-refractivity contribution < 1.29 is 14.3 Å². The highest BCUT2D eigenvalue weighted by molar-refractivity contribution is 5.76. The molecule has 2 aliphatic rings. The Morgan fingerprint density at radius 3 is 2.69 bits per heavy atom. The van der Waals surface area contributed by atoms with E-state index in [0.29, 0.717) is 12.6 Å². The number of aromatic nitrogens is 1. The normalized spacial score (nSPS) is 18.0. The largest absolute Gasteiger partial charge is 0.493 e. The minimum Gasteiger partial charge on any atom is -0.493 e. The lowest BCUT2D eigenvalue weighted by atomic mass is 10.0. The van der Waals surface area contributed by atoms with Crippen LogP contribution < -0.4 is 14.8 Å². The molecule has 154 valence electrons. The lowest BCUT2D eigenvalue weighted by molar-refractivity contribution is 0.132. The molecule has 0 aliphatic carbocycles. The molecular formula is C22H28N4O3. The number of piperidine rings is 1. The predicted molar refractivity (Wildman–Crippen MR) is 110 cm³/mol. The molecule has 2 fully saturated rings. The fourth-order valence-electron chi connectivity index (χ4n) is 4.06. The molecule has 29 heavy (non-hydrogen) atoms. The van der Waals surface area contributed by atoms with Crippen molar-refractivity contribution in [2.24, 2.45) is 0 Å². The van der Waals surface area contributed by atoms with E-state index in [2.05, 4.69) is 27.3 Å². The number of hydrogen-bond acceptors (Lipinski definition) is 5. The van der Waals surface area contributed by atoms with Crippen LogP contribution in [0.4, 0.5) is 4.79 Å². The number of nitrogens with zero attached hydrogens (tertiary/aromatic N) is 3. The first-order valence-electron chi connectivity index (χ1n) is 10.2. The van der Waals surface area contributed by atoms with Crippen molar-refractivity contribution in [3.8, 4) is 11.5 Å². The summed E-state index contributed by atoms with van der Waals surface area (Å²) in [6.45, 7) is 4.91. The van der Waals surface area contributed by atoms with Crippen LogP contribution in [-0.4, -0.2) is 60.1 Å². The van der Waals surface area contributed by atoms with E-state index in [9.17, 15) is 4.79 Å². The monoisotopic (exact) mass is 396 g/mol. The summed E-state index contributed by atoms with van der Waals surface area (Å²) >= 11 is 0. The average molecular weight is 396 g/mol. The fourth-order valence-corrected chi connectivity index (χ4v) is 4.06. The van der Waals surface area contributed by atoms with Crippen LogP contribution in [0.3, 0.4) is 0 Å². The van der Waals surface area contributed by atoms with Crippen molar-refractivity contribution in [3.63, 3.8) is 0 Å². The van der Waals surface area contributed by atoms with E-state index in [0.717, 1.165) is 62.6 Å². The summed E-state index contributed by atoms with van der Waals surface area (Å²) < 4.78 is 11.5. The van der Waals surface area contributed by atoms with E-state index < -0.39 is 0 Å². The van der Waals surface area contributed by atoms with Gasteiger partial charge in [-0.25, -0.2) is 4.79 Å². The van der Waals surface area contributed by atoms with Crippen molar-refractivity contribution >= 4 is 6.03 Å². The maximum Gasteiger partial charge on any atom is 0.317 e. The van der Waals surface area contributed by atoms with Gasteiger partial charge < -0.3 is 19.7 Å². The van der Waals surface area contributed by atoms with Gasteiger partial charge in [-0.05, 0) is 36.6 Å². The molecule has 3 heterocycles. The second-order valence-corrected chi connectivity index (χ2v) is 7.57. The van der Waals surface area contributed by atoms with Crippen LogP contribution in [-0.2, 0) is 13.2 Å². The molecule has 7 nitrogen and oxygen atoms in total. The molecule has 0 spiro atoms. The molecule has 0 unspecified atom stereocenters. The summed E-state index contributed by atoms with van der Waals surface area (Å²) in [6, 6.07) is 10.5. The molecule has 1 N–H and O–H groups in total. The van der Waals surface area contributed by atoms with Gasteiger partial charge in [-0.15, -0.1) is 0 Å². The van der Waals surface area contributed by atoms with Crippen molar-refractivity contribution in [2.75, 3.05) is 33.3 Å². The SMILES string of the molecule is COc1ccc(CN2CCC(N3CCNC3=O)CC2)cc1OCc1cccnc1. The van der Waals surface area contributed by atoms with Gasteiger partial charge in [0.2, 0.25) is 0 Å². The van der Waals surface area contributed by atoms with Gasteiger partial charge in [-0.2, -0.15) is 0 Å². The van der Waals surface area contributed by atoms with E-state index in [4.69, 9.17) is 9.47 Å². The molecule has 1 aromatic carbocycles. The zero-order valence-corrected chi connectivity index (χ0v) is 16.8. The molecule has 0 radical (unpaired) electrons. The quantitative estimate of drug-likeness (QED) is 0.779. The highest BCUT2D eigenvalue weighted by Gasteiger charge is 2.30. The van der Waals surface area contributed by atoms with Crippen LogP contribution in [0.15, 0.2) is 42.7 Å². The number of carbonyl (C=O) groups is 1. The first kappa shape index (κ1) is 19.5. The zero-order chi connectivity index (χ0) is 20.1. The Labute approximate surface area is 171 Å². The van der Waals surface area contributed by atoms with Crippen LogP contribution in [0.2, 0.25) is 0 Å². The molecule has 2 saturated heterocycles. The number of carbonyl (C=O) groups excluding carboxylic acids is 1. The van der Waals surface area contributed by atoms with Crippen molar-refractivity contribution in [1.29, 1.82) is 0 Å². The van der Waals surface area contributed by atoms with Gasteiger partial charge in [0.05, 0.1) is 7.11 Å². The lowest BCUT2D eigenvalue weighted by Crippen LogP contribution is -2.45. The van der Waals surface area contributed by atoms with Crippen LogP contribution in [0.25, 0.3) is 0 Å². The Morgan fingerprint density at radius 2 is 2.00 bits per heavy atom. The number of ether oxygens (including phenoxy) is 2. The number of benzene rings is 1. The van der Waals surface area contributed by atoms with Gasteiger partial charge in [0, 0.05) is 56.7 Å². The van der Waals surface area contributed by atoms with Gasteiger partial charge in [0.25, 0.3) is 0 Å². The maximum absolute atomic E-state index is 11.9. The smallest absolute Gasteiger partial charge is 0.317 e. The Morgan fingerprint density at radius 1 is 1.14 bits per heavy atom. The molecule has 7 heteroatoms. The minimum absolute atomic E-state index is 0.0917. The van der Waals surface area contributed by atoms with E-state index >= 15 is 0 Å². The van der Waals surface area contributed by atoms with Crippen LogP contribution in [0, 0.1) is 0 Å². The summed E-state index contributed by atoms with van der Waals surface area (Å²) in [6.07, 6.45) is 5.60. The standard InChI is InChI=1S/C22H28N4O3/c1-28-20-5-4-17(13-21(20)29-16-18-3-2-8-23-14-18)15-25-10-6-19(7-11-25)26-12-9-24-22(26)27/h2-5,8,13-14,19H,6-7,9-12,15-16H2,1H3,(H,24,27). The second-order valence-electron chi connectivity index (χ2n) is 7.57. The summed E-state index contributed by atoms with van der Waals surface area (Å²) in [7, 11) is 1.66. The molecule has 0 atom stereocenters. The second kappa shape index (κ2) is 9.13. The molecule has 2 amide bonds. The van der Waals surface area contributed by atoms with Gasteiger partial charge >= 0.3 is 6.03 Å². The van der Waals surface area contributed by atoms with E-state index in [1.807, 2.05) is 23.1 Å². The number of methoxy groups -OCH3 is 1. The summed E-state index contributed by atoms with van der Waals surface area (Å²) in [4.78, 5) is 20.4. The molecule has 4 rings (SSSR count). The molecular weight excluding hydrogens is 368 g/mol. The first-order valence-corrected chi connectivity index (χ1v) is 10.2. The third kappa shape index (κ3) is 4.79. The average Bonchev–Trinajstić information content (AvgIpc) is 3.19. The summed E-state index contributed by atoms with van der Waals surface area (Å²) in [5.41, 5.74) is 2.22. The molecule has 0 saturated carbocycles. The number of likely N-dealkylation sites (tertiary alicyclic amines) is 1. The topological polar surface area (TPSA) is 66.9 Å². The van der Waals surface area contributed by atoms with Crippen LogP contribution in [0.1, 0.15) is 24.0 Å². The third-order valence-electron chi connectivity index (χ3n) is 5.64. The lowest BCUT2D eigenvalue weighted by Gasteiger charge is -2.36. The van der Waals surface area contributed by atoms with Gasteiger partial charge in [-0.3, -0.25) is 9.88 Å². The number of pyridine rings is 1. The number of hydrogen-bond donors (Lipinski definition) is 1. The van der Waals surface area contributed by atoms with Crippen molar-refractivity contribution in [3.05, 3.63) is 53.9 Å². The summed E-state index contributed by atoms with van der Waals surface area (Å²) in [5, 5.41) is 2.90.